The number of nitrogen functional groups attached to an aromatic ring is 1. The van der Waals surface area contributed by atoms with Gasteiger partial charge in [0.2, 0.25) is 0 Å². The van der Waals surface area contributed by atoms with Gasteiger partial charge in [-0.25, -0.2) is 0 Å². The molecule has 0 amide bonds. The third kappa shape index (κ3) is 1.28. The van der Waals surface area contributed by atoms with Gasteiger partial charge in [0.15, 0.2) is 0 Å². The van der Waals surface area contributed by atoms with Crippen LogP contribution in [0.25, 0.3) is 0 Å². The molecule has 3 N–H and O–H groups in total. The van der Waals surface area contributed by atoms with Crippen molar-refractivity contribution in [1.29, 1.82) is 0 Å². The number of hydrogen-bond acceptors (Lipinski definition) is 2. The topological polar surface area (TPSA) is 38.0 Å². The lowest BCUT2D eigenvalue weighted by atomic mass is 10.2. The molecule has 0 aromatic heterocycles. The van der Waals surface area contributed by atoms with E-state index in [1.54, 1.807) is 6.07 Å². The van der Waals surface area contributed by atoms with Crippen molar-refractivity contribution in [3.63, 3.8) is 0 Å². The van der Waals surface area contributed by atoms with Gasteiger partial charge in [0.1, 0.15) is 0 Å². The molecule has 0 saturated carbocycles. The molecule has 0 aliphatic heterocycles. The summed E-state index contributed by atoms with van der Waals surface area (Å²) in [6, 6.07) is 7.35. The second kappa shape index (κ2) is 2.90. The van der Waals surface area contributed by atoms with Gasteiger partial charge in [-0.1, -0.05) is 12.0 Å². The third-order valence-electron chi connectivity index (χ3n) is 1.20. The van der Waals surface area contributed by atoms with Crippen LogP contribution in [0, 0.1) is 12.3 Å². The smallest absolute Gasteiger partial charge is 0.0497 e. The Morgan fingerprint density at radius 3 is 2.90 bits per heavy atom. The predicted octanol–water partition coefficient (Wildman–Crippen LogP) is 0.954. The summed E-state index contributed by atoms with van der Waals surface area (Å²) in [5.74, 6) is 7.66. The van der Waals surface area contributed by atoms with Gasteiger partial charge in [0.05, 0.1) is 0 Å². The number of nitrogens with two attached hydrogens (primary N) is 1. The predicted molar refractivity (Wildman–Crippen MR) is 42.2 cm³/mol. The van der Waals surface area contributed by atoms with Crippen molar-refractivity contribution in [2.45, 2.75) is 0 Å². The van der Waals surface area contributed by atoms with E-state index >= 15 is 0 Å². The van der Waals surface area contributed by atoms with Crippen LogP contribution in [0.1, 0.15) is 5.56 Å². The number of terminal acetylenes is 1. The fourth-order valence-electron chi connectivity index (χ4n) is 0.699. The Labute approximate surface area is 60.0 Å². The maximum Gasteiger partial charge on any atom is 0.0497 e. The standard InChI is InChI=1S/C8H8N2/c1-2-7-4-3-5-8(6-7)10-9/h1,3-6,10H,9H2. The van der Waals surface area contributed by atoms with Crippen molar-refractivity contribution >= 4 is 5.69 Å². The van der Waals surface area contributed by atoms with E-state index in [1.807, 2.05) is 18.2 Å². The minimum Gasteiger partial charge on any atom is -0.324 e. The molecule has 0 atom stereocenters. The molecule has 1 aromatic rings. The summed E-state index contributed by atoms with van der Waals surface area (Å²) in [5, 5.41) is 0. The van der Waals surface area contributed by atoms with Gasteiger partial charge >= 0.3 is 0 Å². The number of hydrogen-bond donors (Lipinski definition) is 2. The van der Waals surface area contributed by atoms with Crippen molar-refractivity contribution in [3.05, 3.63) is 29.8 Å². The molecule has 1 aromatic carbocycles. The zero-order valence-corrected chi connectivity index (χ0v) is 5.46. The van der Waals surface area contributed by atoms with E-state index in [0.717, 1.165) is 11.3 Å². The summed E-state index contributed by atoms with van der Waals surface area (Å²) >= 11 is 0. The number of nitrogens with one attached hydrogen (secondary N) is 1. The molecule has 0 heterocycles. The van der Waals surface area contributed by atoms with Crippen molar-refractivity contribution < 1.29 is 0 Å². The molecule has 0 spiro atoms. The minimum atomic E-state index is 0.829. The van der Waals surface area contributed by atoms with E-state index in [9.17, 15) is 0 Å². The van der Waals surface area contributed by atoms with Crippen LogP contribution >= 0.6 is 0 Å². The quantitative estimate of drug-likeness (QED) is 0.339. The van der Waals surface area contributed by atoms with Gasteiger partial charge in [-0.3, -0.25) is 5.84 Å². The molecule has 0 bridgehead atoms. The Bertz CT molecular complexity index is 260. The zero-order chi connectivity index (χ0) is 7.40. The molecule has 50 valence electrons. The van der Waals surface area contributed by atoms with E-state index in [-0.39, 0.29) is 0 Å². The van der Waals surface area contributed by atoms with E-state index in [2.05, 4.69) is 11.3 Å². The summed E-state index contributed by atoms with van der Waals surface area (Å²) in [4.78, 5) is 0. The van der Waals surface area contributed by atoms with Gasteiger partial charge < -0.3 is 5.43 Å². The van der Waals surface area contributed by atoms with Gasteiger partial charge in [-0.2, -0.15) is 0 Å². The van der Waals surface area contributed by atoms with Gasteiger partial charge in [0.25, 0.3) is 0 Å². The first kappa shape index (κ1) is 6.66. The number of benzene rings is 1. The molecular formula is C8H8N2. The maximum absolute atomic E-state index is 5.15. The zero-order valence-electron chi connectivity index (χ0n) is 5.46. The highest BCUT2D eigenvalue weighted by Crippen LogP contribution is 2.06. The van der Waals surface area contributed by atoms with Crippen LogP contribution in [-0.2, 0) is 0 Å². The molecule has 2 heteroatoms. The van der Waals surface area contributed by atoms with Crippen molar-refractivity contribution in [3.8, 4) is 12.3 Å². The van der Waals surface area contributed by atoms with Crippen LogP contribution in [0.3, 0.4) is 0 Å². The Hall–Kier alpha value is -1.46. The molecule has 10 heavy (non-hydrogen) atoms. The molecule has 1 rings (SSSR count). The van der Waals surface area contributed by atoms with Crippen molar-refractivity contribution in [2.24, 2.45) is 5.84 Å². The Morgan fingerprint density at radius 1 is 1.50 bits per heavy atom. The third-order valence-corrected chi connectivity index (χ3v) is 1.20. The largest absolute Gasteiger partial charge is 0.324 e. The second-order valence-electron chi connectivity index (χ2n) is 1.87. The average molecular weight is 132 g/mol. The minimum absolute atomic E-state index is 0.829. The summed E-state index contributed by atoms with van der Waals surface area (Å²) < 4.78 is 0. The van der Waals surface area contributed by atoms with Crippen molar-refractivity contribution in [1.82, 2.24) is 0 Å². The van der Waals surface area contributed by atoms with Crippen LogP contribution in [0.5, 0.6) is 0 Å². The lowest BCUT2D eigenvalue weighted by molar-refractivity contribution is 1.35. The van der Waals surface area contributed by atoms with E-state index in [4.69, 9.17) is 12.3 Å². The SMILES string of the molecule is C#Cc1cccc(NN)c1. The Balaban J connectivity index is 3.01. The molecule has 0 unspecified atom stereocenters. The number of anilines is 1. The summed E-state index contributed by atoms with van der Waals surface area (Å²) in [6.07, 6.45) is 5.15. The van der Waals surface area contributed by atoms with Crippen LogP contribution in [0.4, 0.5) is 5.69 Å². The monoisotopic (exact) mass is 132 g/mol. The average Bonchev–Trinajstić information content (AvgIpc) is 2.05. The summed E-state index contributed by atoms with van der Waals surface area (Å²) in [7, 11) is 0. The molecule has 0 radical (unpaired) electrons. The highest BCUT2D eigenvalue weighted by atomic mass is 15.2. The normalized spacial score (nSPS) is 8.40. The number of rotatable bonds is 1. The van der Waals surface area contributed by atoms with E-state index in [1.165, 1.54) is 0 Å². The highest BCUT2D eigenvalue weighted by molar-refractivity contribution is 5.48. The molecule has 0 saturated heterocycles. The molecule has 0 fully saturated rings. The fourth-order valence-corrected chi connectivity index (χ4v) is 0.699. The fraction of sp³-hybridized carbons (Fsp3) is 0. The Morgan fingerprint density at radius 2 is 2.30 bits per heavy atom. The van der Waals surface area contributed by atoms with Crippen LogP contribution in [-0.4, -0.2) is 0 Å². The first-order valence-corrected chi connectivity index (χ1v) is 2.90. The van der Waals surface area contributed by atoms with Gasteiger partial charge in [0, 0.05) is 11.3 Å². The Kier molecular flexibility index (Phi) is 1.93. The van der Waals surface area contributed by atoms with Crippen LogP contribution in [0.15, 0.2) is 24.3 Å². The van der Waals surface area contributed by atoms with E-state index in [0.29, 0.717) is 0 Å². The van der Waals surface area contributed by atoms with Crippen LogP contribution in [0.2, 0.25) is 0 Å². The molecule has 2 nitrogen and oxygen atoms in total. The second-order valence-corrected chi connectivity index (χ2v) is 1.87. The van der Waals surface area contributed by atoms with Crippen LogP contribution < -0.4 is 11.3 Å². The first-order chi connectivity index (χ1) is 4.86. The highest BCUT2D eigenvalue weighted by Gasteiger charge is 1.87. The molecule has 0 aliphatic rings. The van der Waals surface area contributed by atoms with Gasteiger partial charge in [-0.15, -0.1) is 6.42 Å². The number of hydrazine groups is 1. The van der Waals surface area contributed by atoms with Gasteiger partial charge in [-0.05, 0) is 18.2 Å². The molecular weight excluding hydrogens is 124 g/mol. The summed E-state index contributed by atoms with van der Waals surface area (Å²) in [6.45, 7) is 0. The lowest BCUT2D eigenvalue weighted by Crippen LogP contribution is -2.06. The van der Waals surface area contributed by atoms with Crippen molar-refractivity contribution in [2.75, 3.05) is 5.43 Å². The summed E-state index contributed by atoms with van der Waals surface area (Å²) in [5.41, 5.74) is 4.16. The maximum atomic E-state index is 5.15. The lowest BCUT2D eigenvalue weighted by Gasteiger charge is -1.97. The molecule has 0 aliphatic carbocycles. The van der Waals surface area contributed by atoms with E-state index < -0.39 is 0 Å². The first-order valence-electron chi connectivity index (χ1n) is 2.90.